The molecule has 49 heavy (non-hydrogen) atoms. The van der Waals surface area contributed by atoms with E-state index in [4.69, 9.17) is 11.6 Å². The molecule has 3 saturated carbocycles. The molecule has 0 saturated heterocycles. The fourth-order valence-corrected chi connectivity index (χ4v) is 9.03. The Morgan fingerprint density at radius 3 is 1.92 bits per heavy atom. The van der Waals surface area contributed by atoms with Gasteiger partial charge in [-0.15, -0.1) is 0 Å². The number of para-hydroxylation sites is 1. The predicted molar refractivity (Wildman–Crippen MR) is 215 cm³/mol. The van der Waals surface area contributed by atoms with Gasteiger partial charge in [0.1, 0.15) is 0 Å². The van der Waals surface area contributed by atoms with Crippen molar-refractivity contribution in [3.8, 4) is 0 Å². The van der Waals surface area contributed by atoms with Crippen LogP contribution in [0.4, 0.5) is 5.69 Å². The first-order valence-corrected chi connectivity index (χ1v) is 20.6. The van der Waals surface area contributed by atoms with Crippen molar-refractivity contribution in [2.45, 2.75) is 141 Å². The SMILES string of the molecule is CCN(C/C=C/c1ccc(C2CCCCC2)c(Cl)c1)c1ccccc1.CCN(CCCc1ccc(C2CCCCC2)cc1)C1CCCCC1. The molecule has 0 radical (unpaired) electrons. The molecule has 3 aliphatic rings. The van der Waals surface area contributed by atoms with Crippen LogP contribution in [-0.4, -0.2) is 37.1 Å². The van der Waals surface area contributed by atoms with Gasteiger partial charge in [-0.3, -0.25) is 0 Å². The van der Waals surface area contributed by atoms with E-state index in [0.29, 0.717) is 5.92 Å². The molecule has 0 atom stereocenters. The van der Waals surface area contributed by atoms with Crippen LogP contribution in [-0.2, 0) is 6.42 Å². The van der Waals surface area contributed by atoms with E-state index in [1.807, 2.05) is 0 Å². The molecular weight excluding hydrogens is 616 g/mol. The summed E-state index contributed by atoms with van der Waals surface area (Å²) in [7, 11) is 0. The third-order valence-corrected chi connectivity index (χ3v) is 12.0. The van der Waals surface area contributed by atoms with Crippen LogP contribution < -0.4 is 4.90 Å². The average molecular weight is 681 g/mol. The zero-order chi connectivity index (χ0) is 34.1. The molecule has 0 aromatic heterocycles. The van der Waals surface area contributed by atoms with Gasteiger partial charge in [-0.2, -0.15) is 0 Å². The second-order valence-electron chi connectivity index (χ2n) is 15.0. The number of halogens is 1. The zero-order valence-corrected chi connectivity index (χ0v) is 31.7. The molecule has 0 N–H and O–H groups in total. The Morgan fingerprint density at radius 2 is 1.31 bits per heavy atom. The van der Waals surface area contributed by atoms with Crippen molar-refractivity contribution in [1.82, 2.24) is 4.90 Å². The first-order valence-electron chi connectivity index (χ1n) is 20.2. The molecule has 3 aromatic carbocycles. The molecular formula is C46H65ClN2. The number of anilines is 1. The smallest absolute Gasteiger partial charge is 0.0446 e. The average Bonchev–Trinajstić information content (AvgIpc) is 3.17. The standard InChI is InChI=1S/C23H28ClN.C23H37N/c1-2-25(21-13-7-4-8-14-21)17-9-10-19-15-16-22(23(24)18-19)20-11-5-3-6-12-20;1-2-24(23-13-7-4-8-14-23)19-9-10-20-15-17-22(18-16-20)21-11-5-3-6-12-21/h4,7-10,13-16,18,20H,2-3,5-6,11-12,17H2,1H3;15-18,21,23H,2-14,19H2,1H3/b10-9+;. The van der Waals surface area contributed by atoms with Gasteiger partial charge in [0.25, 0.3) is 0 Å². The fourth-order valence-electron chi connectivity index (χ4n) is 8.69. The van der Waals surface area contributed by atoms with Crippen molar-refractivity contribution >= 4 is 23.4 Å². The molecule has 0 amide bonds. The number of nitrogens with zero attached hydrogens (tertiary/aromatic N) is 2. The summed E-state index contributed by atoms with van der Waals surface area (Å²) in [4.78, 5) is 5.10. The summed E-state index contributed by atoms with van der Waals surface area (Å²) in [6.07, 6.45) is 28.0. The largest absolute Gasteiger partial charge is 0.368 e. The molecule has 3 aliphatic carbocycles. The number of aryl methyl sites for hydroxylation is 1. The second kappa shape index (κ2) is 21.0. The van der Waals surface area contributed by atoms with E-state index in [1.54, 1.807) is 5.56 Å². The maximum atomic E-state index is 6.58. The van der Waals surface area contributed by atoms with Crippen molar-refractivity contribution in [3.05, 3.63) is 106 Å². The zero-order valence-electron chi connectivity index (χ0n) is 30.9. The molecule has 0 aliphatic heterocycles. The van der Waals surface area contributed by atoms with Gasteiger partial charge in [0.2, 0.25) is 0 Å². The van der Waals surface area contributed by atoms with Crippen LogP contribution in [0.5, 0.6) is 0 Å². The minimum atomic E-state index is 0.660. The van der Waals surface area contributed by atoms with E-state index < -0.39 is 0 Å². The first-order chi connectivity index (χ1) is 24.1. The quantitative estimate of drug-likeness (QED) is 0.177. The van der Waals surface area contributed by atoms with E-state index in [2.05, 4.69) is 109 Å². The molecule has 3 fully saturated rings. The van der Waals surface area contributed by atoms with Crippen LogP contribution >= 0.6 is 11.6 Å². The number of hydrogen-bond donors (Lipinski definition) is 0. The Hall–Kier alpha value is -2.55. The lowest BCUT2D eigenvalue weighted by Gasteiger charge is -2.33. The topological polar surface area (TPSA) is 6.48 Å². The molecule has 3 heteroatoms. The monoisotopic (exact) mass is 680 g/mol. The van der Waals surface area contributed by atoms with Crippen molar-refractivity contribution in [3.63, 3.8) is 0 Å². The van der Waals surface area contributed by atoms with Gasteiger partial charge in [-0.1, -0.05) is 143 Å². The highest BCUT2D eigenvalue weighted by Gasteiger charge is 2.20. The Morgan fingerprint density at radius 1 is 0.673 bits per heavy atom. The van der Waals surface area contributed by atoms with E-state index in [9.17, 15) is 0 Å². The van der Waals surface area contributed by atoms with Crippen LogP contribution in [0.1, 0.15) is 151 Å². The van der Waals surface area contributed by atoms with Gasteiger partial charge in [-0.25, -0.2) is 0 Å². The summed E-state index contributed by atoms with van der Waals surface area (Å²) in [6, 6.07) is 27.7. The summed E-state index contributed by atoms with van der Waals surface area (Å²) in [5, 5.41) is 0.935. The first kappa shape index (κ1) is 37.7. The second-order valence-corrected chi connectivity index (χ2v) is 15.4. The van der Waals surface area contributed by atoms with Crippen molar-refractivity contribution in [2.75, 3.05) is 31.1 Å². The van der Waals surface area contributed by atoms with E-state index in [0.717, 1.165) is 30.1 Å². The lowest BCUT2D eigenvalue weighted by atomic mass is 9.84. The molecule has 2 nitrogen and oxygen atoms in total. The number of rotatable bonds is 13. The van der Waals surface area contributed by atoms with Gasteiger partial charge in [0.15, 0.2) is 0 Å². The maximum absolute atomic E-state index is 6.58. The number of likely N-dealkylation sites (N-methyl/N-ethyl adjacent to an activating group) is 1. The molecule has 0 heterocycles. The van der Waals surface area contributed by atoms with Crippen molar-refractivity contribution < 1.29 is 0 Å². The van der Waals surface area contributed by atoms with Crippen LogP contribution in [0.25, 0.3) is 6.08 Å². The van der Waals surface area contributed by atoms with Gasteiger partial charge >= 0.3 is 0 Å². The maximum Gasteiger partial charge on any atom is 0.0446 e. The van der Waals surface area contributed by atoms with Gasteiger partial charge < -0.3 is 9.80 Å². The molecule has 0 unspecified atom stereocenters. The van der Waals surface area contributed by atoms with Gasteiger partial charge in [0.05, 0.1) is 0 Å². The minimum absolute atomic E-state index is 0.660. The predicted octanol–water partition coefficient (Wildman–Crippen LogP) is 13.2. The summed E-state index contributed by atoms with van der Waals surface area (Å²) in [5.74, 6) is 1.50. The van der Waals surface area contributed by atoms with Crippen LogP contribution in [0, 0.1) is 0 Å². The van der Waals surface area contributed by atoms with Crippen molar-refractivity contribution in [2.24, 2.45) is 0 Å². The third-order valence-electron chi connectivity index (χ3n) is 11.7. The normalized spacial score (nSPS) is 18.0. The Bertz CT molecular complexity index is 1350. The lowest BCUT2D eigenvalue weighted by molar-refractivity contribution is 0.162. The van der Waals surface area contributed by atoms with Crippen LogP contribution in [0.15, 0.2) is 78.9 Å². The Kier molecular flexibility index (Phi) is 16.1. The minimum Gasteiger partial charge on any atom is -0.368 e. The molecule has 6 rings (SSSR count). The fraction of sp³-hybridized carbons (Fsp3) is 0.565. The highest BCUT2D eigenvalue weighted by Crippen LogP contribution is 2.37. The molecule has 0 bridgehead atoms. The summed E-state index contributed by atoms with van der Waals surface area (Å²) >= 11 is 6.58. The molecule has 0 spiro atoms. The van der Waals surface area contributed by atoms with E-state index in [1.165, 1.54) is 145 Å². The Labute approximate surface area is 305 Å². The summed E-state index contributed by atoms with van der Waals surface area (Å²) in [5.41, 5.74) is 6.93. The van der Waals surface area contributed by atoms with Gasteiger partial charge in [0, 0.05) is 29.8 Å². The number of benzene rings is 3. The van der Waals surface area contributed by atoms with E-state index in [-0.39, 0.29) is 0 Å². The highest BCUT2D eigenvalue weighted by atomic mass is 35.5. The third kappa shape index (κ3) is 12.0. The summed E-state index contributed by atoms with van der Waals surface area (Å²) < 4.78 is 0. The molecule has 3 aromatic rings. The van der Waals surface area contributed by atoms with Gasteiger partial charge in [-0.05, 0) is 124 Å². The van der Waals surface area contributed by atoms with Crippen LogP contribution in [0.2, 0.25) is 5.02 Å². The Balaban J connectivity index is 0.000000191. The van der Waals surface area contributed by atoms with E-state index >= 15 is 0 Å². The number of hydrogen-bond acceptors (Lipinski definition) is 2. The highest BCUT2D eigenvalue weighted by molar-refractivity contribution is 6.31. The van der Waals surface area contributed by atoms with Crippen molar-refractivity contribution in [1.29, 1.82) is 0 Å². The molecule has 266 valence electrons. The lowest BCUT2D eigenvalue weighted by Crippen LogP contribution is -2.37. The van der Waals surface area contributed by atoms with Crippen LogP contribution in [0.3, 0.4) is 0 Å². The summed E-state index contributed by atoms with van der Waals surface area (Å²) in [6.45, 7) is 8.94.